The smallest absolute Gasteiger partial charge is 0.209 e. The number of ether oxygens (including phenoxy) is 1. The van der Waals surface area contributed by atoms with Crippen molar-refractivity contribution in [1.82, 2.24) is 19.9 Å². The summed E-state index contributed by atoms with van der Waals surface area (Å²) in [6, 6.07) is 11.6. The van der Waals surface area contributed by atoms with E-state index < -0.39 is 0 Å². The number of pyridine rings is 1. The Balaban J connectivity index is 1.52. The van der Waals surface area contributed by atoms with E-state index in [-0.39, 0.29) is 12.4 Å². The van der Waals surface area contributed by atoms with Crippen LogP contribution in [0.1, 0.15) is 11.5 Å². The summed E-state index contributed by atoms with van der Waals surface area (Å²) in [6.45, 7) is 0.163. The third-order valence-corrected chi connectivity index (χ3v) is 4.18. The van der Waals surface area contributed by atoms with Crippen LogP contribution in [-0.4, -0.2) is 25.6 Å². The summed E-state index contributed by atoms with van der Waals surface area (Å²) in [7, 11) is 0. The molecule has 3 rings (SSSR count). The summed E-state index contributed by atoms with van der Waals surface area (Å²) in [5.74, 6) is 7.52. The first-order chi connectivity index (χ1) is 11.7. The second-order valence-corrected chi connectivity index (χ2v) is 5.99. The minimum atomic E-state index is -0.309. The van der Waals surface area contributed by atoms with Gasteiger partial charge in [-0.3, -0.25) is 4.98 Å². The average molecular weight is 345 g/mol. The van der Waals surface area contributed by atoms with E-state index in [2.05, 4.69) is 15.2 Å². The molecule has 0 saturated heterocycles. The second kappa shape index (κ2) is 7.78. The number of nitrogens with two attached hydrogens (primary N) is 1. The van der Waals surface area contributed by atoms with Crippen molar-refractivity contribution in [3.63, 3.8) is 0 Å². The number of aromatic nitrogens is 4. The largest absolute Gasteiger partial charge is 0.486 e. The molecule has 1 aromatic carbocycles. The van der Waals surface area contributed by atoms with Crippen LogP contribution < -0.4 is 10.6 Å². The summed E-state index contributed by atoms with van der Waals surface area (Å²) in [5.41, 5.74) is 1.02. The molecule has 0 atom stereocenters. The highest BCUT2D eigenvalue weighted by Crippen LogP contribution is 2.17. The number of benzene rings is 1. The van der Waals surface area contributed by atoms with E-state index in [1.165, 1.54) is 28.6 Å². The molecule has 2 aromatic heterocycles. The molecule has 0 saturated carbocycles. The molecule has 0 aliphatic rings. The van der Waals surface area contributed by atoms with Gasteiger partial charge in [-0.15, -0.1) is 10.2 Å². The Hall–Kier alpha value is -2.61. The Morgan fingerprint density at radius 2 is 1.96 bits per heavy atom. The van der Waals surface area contributed by atoms with Crippen molar-refractivity contribution in [3.8, 4) is 5.75 Å². The zero-order chi connectivity index (χ0) is 16.8. The highest BCUT2D eigenvalue weighted by Gasteiger charge is 2.11. The van der Waals surface area contributed by atoms with Crippen LogP contribution in [0.25, 0.3) is 0 Å². The molecule has 6 nitrogen and oxygen atoms in total. The van der Waals surface area contributed by atoms with Gasteiger partial charge in [0.1, 0.15) is 18.2 Å². The number of nitrogen functional groups attached to an aromatic ring is 1. The standard InChI is InChI=1S/C16H16FN5OS/c17-12-4-6-14(7-5-12)23-11-15-20-21-16(22(15)18)24-10-8-13-3-1-2-9-19-13/h1-7,9H,8,10-11,18H2. The monoisotopic (exact) mass is 345 g/mol. The van der Waals surface area contributed by atoms with Crippen molar-refractivity contribution in [3.05, 3.63) is 66.0 Å². The number of aryl methyl sites for hydroxylation is 1. The molecule has 0 bridgehead atoms. The van der Waals surface area contributed by atoms with Gasteiger partial charge in [0.05, 0.1) is 0 Å². The molecular weight excluding hydrogens is 329 g/mol. The SMILES string of the molecule is Nn1c(COc2ccc(F)cc2)nnc1SCCc1ccccn1. The van der Waals surface area contributed by atoms with Crippen LogP contribution in [0.4, 0.5) is 4.39 Å². The lowest BCUT2D eigenvalue weighted by Gasteiger charge is -2.06. The van der Waals surface area contributed by atoms with E-state index in [0.717, 1.165) is 17.9 Å². The van der Waals surface area contributed by atoms with Gasteiger partial charge in [0, 0.05) is 17.6 Å². The van der Waals surface area contributed by atoms with Crippen molar-refractivity contribution in [2.45, 2.75) is 18.2 Å². The topological polar surface area (TPSA) is 78.9 Å². The Kier molecular flexibility index (Phi) is 5.27. The average Bonchev–Trinajstić information content (AvgIpc) is 2.96. The number of nitrogens with zero attached hydrogens (tertiary/aromatic N) is 4. The highest BCUT2D eigenvalue weighted by atomic mass is 32.2. The molecule has 2 heterocycles. The summed E-state index contributed by atoms with van der Waals surface area (Å²) in [5, 5.41) is 8.70. The van der Waals surface area contributed by atoms with Crippen molar-refractivity contribution in [1.29, 1.82) is 0 Å². The van der Waals surface area contributed by atoms with Crippen LogP contribution in [-0.2, 0) is 13.0 Å². The lowest BCUT2D eigenvalue weighted by atomic mass is 10.3. The predicted molar refractivity (Wildman–Crippen MR) is 89.6 cm³/mol. The van der Waals surface area contributed by atoms with Crippen LogP contribution in [0.3, 0.4) is 0 Å². The maximum absolute atomic E-state index is 12.8. The number of hydrogen-bond acceptors (Lipinski definition) is 6. The quantitative estimate of drug-likeness (QED) is 0.523. The fourth-order valence-electron chi connectivity index (χ4n) is 1.98. The van der Waals surface area contributed by atoms with Crippen molar-refractivity contribution in [2.75, 3.05) is 11.6 Å². The van der Waals surface area contributed by atoms with Gasteiger partial charge in [0.25, 0.3) is 0 Å². The Morgan fingerprint density at radius 3 is 2.71 bits per heavy atom. The third-order valence-electron chi connectivity index (χ3n) is 3.23. The summed E-state index contributed by atoms with van der Waals surface area (Å²) in [6.07, 6.45) is 2.59. The van der Waals surface area contributed by atoms with E-state index >= 15 is 0 Å². The lowest BCUT2D eigenvalue weighted by Crippen LogP contribution is -2.16. The molecule has 0 aliphatic carbocycles. The fraction of sp³-hybridized carbons (Fsp3) is 0.188. The summed E-state index contributed by atoms with van der Waals surface area (Å²) >= 11 is 1.51. The lowest BCUT2D eigenvalue weighted by molar-refractivity contribution is 0.291. The molecule has 0 aliphatic heterocycles. The molecule has 0 fully saturated rings. The van der Waals surface area contributed by atoms with Gasteiger partial charge in [-0.2, -0.15) is 0 Å². The van der Waals surface area contributed by atoms with E-state index in [1.54, 1.807) is 18.3 Å². The first kappa shape index (κ1) is 16.3. The number of thioether (sulfide) groups is 1. The molecule has 8 heteroatoms. The minimum absolute atomic E-state index is 0.163. The maximum Gasteiger partial charge on any atom is 0.209 e. The van der Waals surface area contributed by atoms with Crippen LogP contribution in [0.2, 0.25) is 0 Å². The van der Waals surface area contributed by atoms with Gasteiger partial charge < -0.3 is 10.6 Å². The van der Waals surface area contributed by atoms with E-state index in [0.29, 0.717) is 16.7 Å². The highest BCUT2D eigenvalue weighted by molar-refractivity contribution is 7.99. The zero-order valence-electron chi connectivity index (χ0n) is 12.8. The predicted octanol–water partition coefficient (Wildman–Crippen LogP) is 2.44. The summed E-state index contributed by atoms with van der Waals surface area (Å²) in [4.78, 5) is 4.27. The van der Waals surface area contributed by atoms with E-state index in [4.69, 9.17) is 10.6 Å². The molecule has 0 amide bonds. The van der Waals surface area contributed by atoms with Gasteiger partial charge in [-0.05, 0) is 42.8 Å². The Bertz CT molecular complexity index is 779. The second-order valence-electron chi connectivity index (χ2n) is 4.93. The van der Waals surface area contributed by atoms with Gasteiger partial charge in [0.2, 0.25) is 5.16 Å². The van der Waals surface area contributed by atoms with Crippen LogP contribution in [0.15, 0.2) is 53.8 Å². The van der Waals surface area contributed by atoms with Crippen LogP contribution in [0.5, 0.6) is 5.75 Å². The number of halogens is 1. The number of hydrogen-bond donors (Lipinski definition) is 1. The van der Waals surface area contributed by atoms with Crippen LogP contribution >= 0.6 is 11.8 Å². The molecule has 2 N–H and O–H groups in total. The minimum Gasteiger partial charge on any atom is -0.486 e. The Morgan fingerprint density at radius 1 is 1.12 bits per heavy atom. The molecule has 0 unspecified atom stereocenters. The van der Waals surface area contributed by atoms with Gasteiger partial charge in [-0.25, -0.2) is 9.07 Å². The van der Waals surface area contributed by atoms with Crippen molar-refractivity contribution in [2.24, 2.45) is 0 Å². The molecule has 0 radical (unpaired) electrons. The van der Waals surface area contributed by atoms with Crippen molar-refractivity contribution < 1.29 is 9.13 Å². The molecule has 3 aromatic rings. The first-order valence-corrected chi connectivity index (χ1v) is 8.31. The number of rotatable bonds is 7. The van der Waals surface area contributed by atoms with E-state index in [1.807, 2.05) is 18.2 Å². The van der Waals surface area contributed by atoms with E-state index in [9.17, 15) is 4.39 Å². The fourth-order valence-corrected chi connectivity index (χ4v) is 2.81. The van der Waals surface area contributed by atoms with Gasteiger partial charge in [-0.1, -0.05) is 17.8 Å². The molecule has 0 spiro atoms. The van der Waals surface area contributed by atoms with Gasteiger partial charge >= 0.3 is 0 Å². The maximum atomic E-state index is 12.8. The van der Waals surface area contributed by atoms with Crippen molar-refractivity contribution >= 4 is 11.8 Å². The van der Waals surface area contributed by atoms with Crippen LogP contribution in [0, 0.1) is 5.82 Å². The summed E-state index contributed by atoms with van der Waals surface area (Å²) < 4.78 is 19.8. The molecule has 24 heavy (non-hydrogen) atoms. The molecular formula is C16H16FN5OS. The van der Waals surface area contributed by atoms with Gasteiger partial charge in [0.15, 0.2) is 5.82 Å². The first-order valence-electron chi connectivity index (χ1n) is 7.33. The third kappa shape index (κ3) is 4.23. The zero-order valence-corrected chi connectivity index (χ0v) is 13.6. The normalized spacial score (nSPS) is 10.7. The Labute approximate surface area is 142 Å². The molecule has 124 valence electrons.